The van der Waals surface area contributed by atoms with Crippen LogP contribution in [0.25, 0.3) is 0 Å². The quantitative estimate of drug-likeness (QED) is 0.614. The molecule has 0 radical (unpaired) electrons. The van der Waals surface area contributed by atoms with Crippen molar-refractivity contribution in [3.05, 3.63) is 0 Å². The van der Waals surface area contributed by atoms with E-state index in [0.717, 1.165) is 0 Å². The maximum atomic E-state index is 11.2. The van der Waals surface area contributed by atoms with Crippen molar-refractivity contribution in [1.82, 2.24) is 0 Å². The first-order chi connectivity index (χ1) is 6.15. The van der Waals surface area contributed by atoms with Crippen LogP contribution < -0.4 is 5.73 Å². The number of esters is 1. The molecular weight excluding hydrogens is 172 g/mol. The SMILES string of the molecule is CCOC(=O)[C@H]1CN=C([C@H](C)N)O1. The maximum Gasteiger partial charge on any atom is 0.349 e. The molecule has 0 amide bonds. The van der Waals surface area contributed by atoms with Crippen LogP contribution in [0.5, 0.6) is 0 Å². The number of aliphatic imine (C=N–C) groups is 1. The third kappa shape index (κ3) is 2.42. The van der Waals surface area contributed by atoms with E-state index in [-0.39, 0.29) is 12.0 Å². The Morgan fingerprint density at radius 2 is 2.62 bits per heavy atom. The highest BCUT2D eigenvalue weighted by Gasteiger charge is 2.29. The summed E-state index contributed by atoms with van der Waals surface area (Å²) in [6.45, 7) is 4.18. The fraction of sp³-hybridized carbons (Fsp3) is 0.750. The summed E-state index contributed by atoms with van der Waals surface area (Å²) < 4.78 is 9.96. The number of carbonyl (C=O) groups excluding carboxylic acids is 1. The molecule has 0 spiro atoms. The second-order valence-electron chi connectivity index (χ2n) is 2.83. The van der Waals surface area contributed by atoms with Crippen molar-refractivity contribution in [3.8, 4) is 0 Å². The zero-order valence-corrected chi connectivity index (χ0v) is 7.82. The lowest BCUT2D eigenvalue weighted by atomic mass is 10.4. The molecule has 0 aromatic carbocycles. The lowest BCUT2D eigenvalue weighted by Crippen LogP contribution is -2.32. The molecule has 5 nitrogen and oxygen atoms in total. The summed E-state index contributed by atoms with van der Waals surface area (Å²) in [5.41, 5.74) is 5.53. The van der Waals surface area contributed by atoms with Gasteiger partial charge in [-0.05, 0) is 13.8 Å². The summed E-state index contributed by atoms with van der Waals surface area (Å²) in [6.07, 6.45) is -0.596. The van der Waals surface area contributed by atoms with Crippen LogP contribution in [0.4, 0.5) is 0 Å². The highest BCUT2D eigenvalue weighted by Crippen LogP contribution is 2.08. The van der Waals surface area contributed by atoms with Crippen molar-refractivity contribution in [2.24, 2.45) is 10.7 Å². The lowest BCUT2D eigenvalue weighted by Gasteiger charge is -2.11. The van der Waals surface area contributed by atoms with Crippen molar-refractivity contribution in [1.29, 1.82) is 0 Å². The first kappa shape index (κ1) is 9.98. The minimum Gasteiger partial charge on any atom is -0.463 e. The molecule has 2 atom stereocenters. The van der Waals surface area contributed by atoms with Crippen LogP contribution in [-0.4, -0.2) is 37.2 Å². The first-order valence-electron chi connectivity index (χ1n) is 4.28. The Hall–Kier alpha value is -1.10. The molecule has 13 heavy (non-hydrogen) atoms. The molecule has 0 unspecified atom stereocenters. The fourth-order valence-electron chi connectivity index (χ4n) is 1.00. The summed E-state index contributed by atoms with van der Waals surface area (Å²) in [5, 5.41) is 0. The van der Waals surface area contributed by atoms with E-state index in [4.69, 9.17) is 15.2 Å². The minimum atomic E-state index is -0.596. The van der Waals surface area contributed by atoms with Crippen molar-refractivity contribution < 1.29 is 14.3 Å². The van der Waals surface area contributed by atoms with Crippen LogP contribution in [0.3, 0.4) is 0 Å². The molecule has 2 N–H and O–H groups in total. The van der Waals surface area contributed by atoms with E-state index >= 15 is 0 Å². The number of hydrogen-bond donors (Lipinski definition) is 1. The van der Waals surface area contributed by atoms with Crippen LogP contribution >= 0.6 is 0 Å². The summed E-state index contributed by atoms with van der Waals surface area (Å²) >= 11 is 0. The van der Waals surface area contributed by atoms with Gasteiger partial charge in [-0.3, -0.25) is 0 Å². The van der Waals surface area contributed by atoms with Crippen molar-refractivity contribution >= 4 is 11.9 Å². The monoisotopic (exact) mass is 186 g/mol. The van der Waals surface area contributed by atoms with Crippen LogP contribution in [0.1, 0.15) is 13.8 Å². The van der Waals surface area contributed by atoms with Crippen LogP contribution in [-0.2, 0) is 14.3 Å². The molecule has 5 heteroatoms. The number of rotatable bonds is 3. The Labute approximate surface area is 76.9 Å². The van der Waals surface area contributed by atoms with Gasteiger partial charge < -0.3 is 15.2 Å². The molecule has 0 saturated carbocycles. The summed E-state index contributed by atoms with van der Waals surface area (Å²) in [5.74, 6) is 0.0555. The van der Waals surface area contributed by atoms with Gasteiger partial charge in [-0.1, -0.05) is 0 Å². The third-order valence-electron chi connectivity index (χ3n) is 1.61. The lowest BCUT2D eigenvalue weighted by molar-refractivity contribution is -0.150. The third-order valence-corrected chi connectivity index (χ3v) is 1.61. The van der Waals surface area contributed by atoms with E-state index < -0.39 is 6.10 Å². The summed E-state index contributed by atoms with van der Waals surface area (Å²) in [7, 11) is 0. The Balaban J connectivity index is 2.41. The molecular formula is C8H14N2O3. The van der Waals surface area contributed by atoms with E-state index in [2.05, 4.69) is 4.99 Å². The molecule has 0 bridgehead atoms. The topological polar surface area (TPSA) is 73.9 Å². The van der Waals surface area contributed by atoms with E-state index in [0.29, 0.717) is 19.0 Å². The van der Waals surface area contributed by atoms with Gasteiger partial charge in [-0.25, -0.2) is 9.79 Å². The minimum absolute atomic E-state index is 0.264. The standard InChI is InChI=1S/C8H14N2O3/c1-3-12-8(11)6-4-10-7(13-6)5(2)9/h5-6H,3-4,9H2,1-2H3/t5-,6+/m0/s1. The van der Waals surface area contributed by atoms with Gasteiger partial charge in [0, 0.05) is 0 Å². The molecule has 0 aliphatic carbocycles. The smallest absolute Gasteiger partial charge is 0.349 e. The Morgan fingerprint density at radius 1 is 1.92 bits per heavy atom. The van der Waals surface area contributed by atoms with Crippen molar-refractivity contribution in [2.75, 3.05) is 13.2 Å². The first-order valence-corrected chi connectivity index (χ1v) is 4.28. The van der Waals surface area contributed by atoms with Gasteiger partial charge in [0.1, 0.15) is 0 Å². The highest BCUT2D eigenvalue weighted by molar-refractivity contribution is 5.87. The van der Waals surface area contributed by atoms with Gasteiger partial charge in [-0.15, -0.1) is 0 Å². The average Bonchev–Trinajstić information content (AvgIpc) is 2.52. The summed E-state index contributed by atoms with van der Waals surface area (Å²) in [6, 6.07) is -0.264. The second kappa shape index (κ2) is 4.23. The molecule has 0 fully saturated rings. The highest BCUT2D eigenvalue weighted by atomic mass is 16.6. The van der Waals surface area contributed by atoms with Crippen molar-refractivity contribution in [3.63, 3.8) is 0 Å². The van der Waals surface area contributed by atoms with Gasteiger partial charge in [0.15, 0.2) is 0 Å². The summed E-state index contributed by atoms with van der Waals surface area (Å²) in [4.78, 5) is 15.1. The van der Waals surface area contributed by atoms with Gasteiger partial charge in [0.05, 0.1) is 19.2 Å². The molecule has 1 heterocycles. The van der Waals surface area contributed by atoms with Crippen LogP contribution in [0.2, 0.25) is 0 Å². The van der Waals surface area contributed by atoms with Crippen molar-refractivity contribution in [2.45, 2.75) is 26.0 Å². The largest absolute Gasteiger partial charge is 0.463 e. The van der Waals surface area contributed by atoms with Gasteiger partial charge in [0.25, 0.3) is 0 Å². The van der Waals surface area contributed by atoms with E-state index in [1.165, 1.54) is 0 Å². The van der Waals surface area contributed by atoms with Gasteiger partial charge >= 0.3 is 5.97 Å². The molecule has 1 rings (SSSR count). The van der Waals surface area contributed by atoms with E-state index in [1.54, 1.807) is 13.8 Å². The molecule has 1 aliphatic rings. The molecule has 74 valence electrons. The second-order valence-corrected chi connectivity index (χ2v) is 2.83. The number of ether oxygens (including phenoxy) is 2. The zero-order valence-electron chi connectivity index (χ0n) is 7.82. The van der Waals surface area contributed by atoms with Gasteiger partial charge in [-0.2, -0.15) is 0 Å². The number of nitrogens with zero attached hydrogens (tertiary/aromatic N) is 1. The van der Waals surface area contributed by atoms with Crippen LogP contribution in [0.15, 0.2) is 4.99 Å². The fourth-order valence-corrected chi connectivity index (χ4v) is 1.00. The normalized spacial score (nSPS) is 23.3. The van der Waals surface area contributed by atoms with Crippen LogP contribution in [0, 0.1) is 0 Å². The molecule has 0 aromatic rings. The number of carbonyl (C=O) groups is 1. The number of hydrogen-bond acceptors (Lipinski definition) is 5. The average molecular weight is 186 g/mol. The predicted octanol–water partition coefficient (Wildman–Crippen LogP) is -0.306. The Morgan fingerprint density at radius 3 is 3.08 bits per heavy atom. The molecule has 0 saturated heterocycles. The predicted molar refractivity (Wildman–Crippen MR) is 47.5 cm³/mol. The van der Waals surface area contributed by atoms with E-state index in [9.17, 15) is 4.79 Å². The molecule has 1 aliphatic heterocycles. The van der Waals surface area contributed by atoms with Gasteiger partial charge in [0.2, 0.25) is 12.0 Å². The Bertz CT molecular complexity index is 225. The maximum absolute atomic E-state index is 11.2. The number of nitrogens with two attached hydrogens (primary N) is 1. The Kier molecular flexibility index (Phi) is 3.25. The van der Waals surface area contributed by atoms with E-state index in [1.807, 2.05) is 0 Å². The molecule has 0 aromatic heterocycles. The zero-order chi connectivity index (χ0) is 9.84.